The van der Waals surface area contributed by atoms with Crippen molar-refractivity contribution in [3.05, 3.63) is 69.6 Å². The van der Waals surface area contributed by atoms with E-state index < -0.39 is 12.1 Å². The molecule has 0 fully saturated rings. The fourth-order valence-electron chi connectivity index (χ4n) is 5.96. The van der Waals surface area contributed by atoms with Crippen molar-refractivity contribution < 1.29 is 28.9 Å². The van der Waals surface area contributed by atoms with Crippen molar-refractivity contribution in [1.82, 2.24) is 15.3 Å². The van der Waals surface area contributed by atoms with Crippen molar-refractivity contribution in [3.63, 3.8) is 0 Å². The van der Waals surface area contributed by atoms with Crippen LogP contribution in [0.1, 0.15) is 50.2 Å². The lowest BCUT2D eigenvalue weighted by molar-refractivity contribution is -0.120. The highest BCUT2D eigenvalue weighted by atomic mass is 16.5. The number of aryl methyl sites for hydroxylation is 1. The van der Waals surface area contributed by atoms with E-state index in [9.17, 15) is 19.5 Å². The third-order valence-electron chi connectivity index (χ3n) is 8.12. The number of aliphatic hydroxyl groups excluding tert-OH is 1. The fourth-order valence-corrected chi connectivity index (χ4v) is 5.96. The number of carbonyl (C=O) groups is 2. The maximum Gasteiger partial charge on any atom is 0.247 e. The largest absolute Gasteiger partial charge is 0.493 e. The Morgan fingerprint density at radius 1 is 1.04 bits per heavy atom. The number of carbonyl (C=O) groups excluding carboxylic acids is 2. The number of H-pyrrole nitrogens is 1. The van der Waals surface area contributed by atoms with Gasteiger partial charge in [-0.25, -0.2) is 4.98 Å². The normalized spacial score (nSPS) is 14.5. The van der Waals surface area contributed by atoms with E-state index in [2.05, 4.69) is 25.9 Å². The number of fused-ring (bicyclic) bond motifs is 4. The number of ether oxygens (including phenoxy) is 3. The molecule has 0 unspecified atom stereocenters. The van der Waals surface area contributed by atoms with Gasteiger partial charge in [-0.3, -0.25) is 14.4 Å². The zero-order valence-corrected chi connectivity index (χ0v) is 26.7. The Bertz CT molecular complexity index is 1850. The number of nitrogens with zero attached hydrogens (tertiary/aromatic N) is 1. The van der Waals surface area contributed by atoms with Crippen LogP contribution in [0.4, 0.5) is 11.4 Å². The van der Waals surface area contributed by atoms with E-state index >= 15 is 0 Å². The van der Waals surface area contributed by atoms with Crippen LogP contribution in [0, 0.1) is 5.92 Å². The minimum atomic E-state index is -0.766. The molecule has 46 heavy (non-hydrogen) atoms. The lowest BCUT2D eigenvalue weighted by atomic mass is 9.95. The van der Waals surface area contributed by atoms with Gasteiger partial charge >= 0.3 is 0 Å². The summed E-state index contributed by atoms with van der Waals surface area (Å²) in [6.07, 6.45) is 1.11. The molecule has 3 aromatic carbocycles. The highest BCUT2D eigenvalue weighted by Gasteiger charge is 2.30. The lowest BCUT2D eigenvalue weighted by Gasteiger charge is -2.22. The molecule has 242 valence electrons. The average Bonchev–Trinajstić information content (AvgIpc) is 3.31. The quantitative estimate of drug-likeness (QED) is 0.172. The molecule has 1 aliphatic carbocycles. The SMILES string of the molecule is COc1cc2c(c(OC)c1OC)-c1ccc(N[C@H](C(=O)Nc3ccc4nc(CO)[nH]c4c3)C(C)C)c(=O)cc1[C@H](NC(C)=O)CC2. The molecule has 2 amide bonds. The number of anilines is 2. The lowest BCUT2D eigenvalue weighted by Crippen LogP contribution is -2.39. The first-order chi connectivity index (χ1) is 22.1. The number of aliphatic hydroxyl groups is 1. The smallest absolute Gasteiger partial charge is 0.247 e. The van der Waals surface area contributed by atoms with Gasteiger partial charge in [-0.05, 0) is 71.8 Å². The number of benzene rings is 2. The van der Waals surface area contributed by atoms with Gasteiger partial charge in [0.25, 0.3) is 0 Å². The molecule has 1 aromatic heterocycles. The number of aromatic amines is 1. The molecular formula is C34H39N5O7. The molecule has 0 spiro atoms. The summed E-state index contributed by atoms with van der Waals surface area (Å²) >= 11 is 0. The van der Waals surface area contributed by atoms with Crippen LogP contribution in [0.25, 0.3) is 22.2 Å². The first-order valence-electron chi connectivity index (χ1n) is 15.0. The summed E-state index contributed by atoms with van der Waals surface area (Å²) in [7, 11) is 4.63. The van der Waals surface area contributed by atoms with Gasteiger partial charge in [-0.1, -0.05) is 19.9 Å². The third kappa shape index (κ3) is 6.34. The second kappa shape index (κ2) is 13.5. The first kappa shape index (κ1) is 32.3. The minimum absolute atomic E-state index is 0.190. The van der Waals surface area contributed by atoms with E-state index in [-0.39, 0.29) is 35.5 Å². The molecule has 5 rings (SSSR count). The van der Waals surface area contributed by atoms with Crippen molar-refractivity contribution >= 4 is 34.2 Å². The van der Waals surface area contributed by atoms with Crippen molar-refractivity contribution in [2.24, 2.45) is 5.92 Å². The van der Waals surface area contributed by atoms with E-state index in [0.29, 0.717) is 63.8 Å². The second-order valence-corrected chi connectivity index (χ2v) is 11.5. The van der Waals surface area contributed by atoms with Crippen LogP contribution in [0.5, 0.6) is 17.2 Å². The topological polar surface area (TPSA) is 164 Å². The van der Waals surface area contributed by atoms with Crippen molar-refractivity contribution in [3.8, 4) is 28.4 Å². The third-order valence-corrected chi connectivity index (χ3v) is 8.12. The molecule has 1 aliphatic rings. The van der Waals surface area contributed by atoms with Gasteiger partial charge in [0.05, 0.1) is 44.1 Å². The van der Waals surface area contributed by atoms with Crippen molar-refractivity contribution in [2.45, 2.75) is 52.3 Å². The number of aromatic nitrogens is 2. The Hall–Kier alpha value is -5.10. The summed E-state index contributed by atoms with van der Waals surface area (Å²) < 4.78 is 17.1. The van der Waals surface area contributed by atoms with E-state index in [0.717, 1.165) is 11.1 Å². The number of hydrogen-bond acceptors (Lipinski definition) is 9. The Balaban J connectivity index is 1.56. The van der Waals surface area contributed by atoms with Gasteiger partial charge in [0.2, 0.25) is 23.0 Å². The van der Waals surface area contributed by atoms with Crippen molar-refractivity contribution in [2.75, 3.05) is 32.0 Å². The fraction of sp³-hybridized carbons (Fsp3) is 0.353. The Morgan fingerprint density at radius 3 is 2.46 bits per heavy atom. The van der Waals surface area contributed by atoms with Gasteiger partial charge in [0.15, 0.2) is 11.5 Å². The standard InChI is InChI=1S/C34H39N5O7/c1-17(2)31(34(43)36-20-8-11-24-26(14-20)38-29(16-40)37-24)39-25-12-9-21-22(15-27(25)42)23(35-18(3)41)10-7-19-13-28(44-4)32(45-5)33(46-6)30(19)21/h8-9,11-15,17,23,31,40H,7,10,16H2,1-6H3,(H,35,41)(H,36,43)(H,37,38)(H,39,42)/t23-,31+/m1/s1. The summed E-state index contributed by atoms with van der Waals surface area (Å²) in [5, 5.41) is 18.5. The van der Waals surface area contributed by atoms with Gasteiger partial charge in [-0.2, -0.15) is 0 Å². The van der Waals surface area contributed by atoms with Crippen LogP contribution in [0.15, 0.2) is 47.3 Å². The van der Waals surface area contributed by atoms with E-state index in [4.69, 9.17) is 14.2 Å². The Labute approximate surface area is 266 Å². The molecule has 5 N–H and O–H groups in total. The van der Waals surface area contributed by atoms with Crippen LogP contribution in [-0.2, 0) is 22.6 Å². The molecule has 0 saturated carbocycles. The van der Waals surface area contributed by atoms with Crippen LogP contribution >= 0.6 is 0 Å². The summed E-state index contributed by atoms with van der Waals surface area (Å²) in [6.45, 7) is 4.99. The molecule has 0 radical (unpaired) electrons. The minimum Gasteiger partial charge on any atom is -0.493 e. The van der Waals surface area contributed by atoms with Gasteiger partial charge < -0.3 is 40.3 Å². The molecular weight excluding hydrogens is 590 g/mol. The molecule has 2 atom stereocenters. The van der Waals surface area contributed by atoms with E-state index in [1.807, 2.05) is 26.0 Å². The van der Waals surface area contributed by atoms with E-state index in [1.165, 1.54) is 20.1 Å². The van der Waals surface area contributed by atoms with Gasteiger partial charge in [-0.15, -0.1) is 0 Å². The van der Waals surface area contributed by atoms with Gasteiger partial charge in [0.1, 0.15) is 18.5 Å². The first-order valence-corrected chi connectivity index (χ1v) is 15.0. The molecule has 0 aliphatic heterocycles. The number of nitrogens with one attached hydrogen (secondary N) is 4. The summed E-state index contributed by atoms with van der Waals surface area (Å²) in [5.74, 6) is 1.06. The molecule has 0 saturated heterocycles. The maximum atomic E-state index is 13.8. The monoisotopic (exact) mass is 629 g/mol. The second-order valence-electron chi connectivity index (χ2n) is 11.5. The number of hydrogen-bond donors (Lipinski definition) is 5. The van der Waals surface area contributed by atoms with Crippen LogP contribution < -0.4 is 35.6 Å². The molecule has 12 heteroatoms. The summed E-state index contributed by atoms with van der Waals surface area (Å²) in [6, 6.07) is 10.9. The number of amides is 2. The van der Waals surface area contributed by atoms with Gasteiger partial charge in [0, 0.05) is 18.2 Å². The maximum absolute atomic E-state index is 13.8. The Kier molecular flexibility index (Phi) is 9.47. The molecule has 0 bridgehead atoms. The highest BCUT2D eigenvalue weighted by molar-refractivity contribution is 5.98. The summed E-state index contributed by atoms with van der Waals surface area (Å²) in [4.78, 5) is 47.0. The number of rotatable bonds is 10. The number of methoxy groups -OCH3 is 3. The predicted octanol–water partition coefficient (Wildman–Crippen LogP) is 4.31. The predicted molar refractivity (Wildman–Crippen MR) is 176 cm³/mol. The van der Waals surface area contributed by atoms with Crippen LogP contribution in [-0.4, -0.2) is 54.3 Å². The van der Waals surface area contributed by atoms with Crippen LogP contribution in [0.3, 0.4) is 0 Å². The van der Waals surface area contributed by atoms with E-state index in [1.54, 1.807) is 38.5 Å². The molecule has 12 nitrogen and oxygen atoms in total. The highest BCUT2D eigenvalue weighted by Crippen LogP contribution is 2.50. The summed E-state index contributed by atoms with van der Waals surface area (Å²) in [5.41, 5.74) is 4.73. The average molecular weight is 630 g/mol. The van der Waals surface area contributed by atoms with Crippen molar-refractivity contribution in [1.29, 1.82) is 0 Å². The number of imidazole rings is 1. The Morgan fingerprint density at radius 2 is 1.80 bits per heavy atom. The molecule has 4 aromatic rings. The molecule has 1 heterocycles. The zero-order valence-electron chi connectivity index (χ0n) is 26.7. The van der Waals surface area contributed by atoms with Crippen LogP contribution in [0.2, 0.25) is 0 Å². The zero-order chi connectivity index (χ0) is 33.1.